The Hall–Kier alpha value is -1.13. The maximum absolute atomic E-state index is 2.81. The Morgan fingerprint density at radius 3 is 1.74 bits per heavy atom. The first-order chi connectivity index (χ1) is 11.0. The molecule has 0 aliphatic heterocycles. The Bertz CT molecular complexity index is 525. The summed E-state index contributed by atoms with van der Waals surface area (Å²) in [5, 5.41) is 1.41. The van der Waals surface area contributed by atoms with Gasteiger partial charge in [0.05, 0.1) is 0 Å². The summed E-state index contributed by atoms with van der Waals surface area (Å²) in [4.78, 5) is 0. The second-order valence-corrected chi connectivity index (χ2v) is 7.29. The highest BCUT2D eigenvalue weighted by molar-refractivity contribution is 7.22. The Labute approximate surface area is 146 Å². The van der Waals surface area contributed by atoms with Crippen LogP contribution in [0.1, 0.15) is 66.7 Å². The summed E-state index contributed by atoms with van der Waals surface area (Å²) in [6.45, 7) is 10.9. The predicted molar refractivity (Wildman–Crippen MR) is 110 cm³/mol. The molecule has 1 atom stereocenters. The number of rotatable bonds is 3. The molecule has 1 heteroatoms. The third-order valence-electron chi connectivity index (χ3n) is 4.14. The fraction of sp³-hybridized carbons (Fsp3) is 0.455. The first-order valence-corrected chi connectivity index (χ1v) is 9.43. The zero-order chi connectivity index (χ0) is 17.2. The smallest absolute Gasteiger partial charge is 0.0235 e. The van der Waals surface area contributed by atoms with Crippen LogP contribution in [0.3, 0.4) is 0 Å². The molecule has 0 saturated carbocycles. The van der Waals surface area contributed by atoms with Crippen molar-refractivity contribution in [3.63, 3.8) is 0 Å². The monoisotopic (exact) mass is 328 g/mol. The van der Waals surface area contributed by atoms with Crippen LogP contribution in [-0.4, -0.2) is 0 Å². The average molecular weight is 328 g/mol. The van der Waals surface area contributed by atoms with E-state index in [0.29, 0.717) is 0 Å². The van der Waals surface area contributed by atoms with Gasteiger partial charge in [-0.25, -0.2) is 0 Å². The van der Waals surface area contributed by atoms with Gasteiger partial charge in [-0.15, -0.1) is 9.24 Å². The molecule has 0 spiro atoms. The topological polar surface area (TPSA) is 0 Å². The van der Waals surface area contributed by atoms with E-state index in [1.54, 1.807) is 0 Å². The molecule has 0 N–H and O–H groups in total. The van der Waals surface area contributed by atoms with Crippen molar-refractivity contribution in [2.24, 2.45) is 0 Å². The Balaban J connectivity index is 0.000000816. The maximum Gasteiger partial charge on any atom is -0.0235 e. The van der Waals surface area contributed by atoms with Crippen LogP contribution in [0.2, 0.25) is 0 Å². The lowest BCUT2D eigenvalue weighted by atomic mass is 9.93. The first kappa shape index (κ1) is 19.9. The Morgan fingerprint density at radius 1 is 0.870 bits per heavy atom. The second kappa shape index (κ2) is 10.6. The zero-order valence-corrected chi connectivity index (χ0v) is 16.7. The van der Waals surface area contributed by atoms with Gasteiger partial charge in [0.2, 0.25) is 0 Å². The molecular formula is C22H33P. The number of hydrogen-bond acceptors (Lipinski definition) is 0. The Kier molecular flexibility index (Phi) is 9.19. The van der Waals surface area contributed by atoms with Crippen LogP contribution in [0.25, 0.3) is 0 Å². The summed E-state index contributed by atoms with van der Waals surface area (Å²) in [6.07, 6.45) is 19.5. The molecule has 126 valence electrons. The molecule has 0 fully saturated rings. The SMILES string of the molecule is CC1=CC=C(/C(C)=C/C=C(\C)C2=CC=C(P)CC2)CC1.CCC. The molecule has 1 unspecified atom stereocenters. The van der Waals surface area contributed by atoms with Crippen molar-refractivity contribution in [1.82, 2.24) is 0 Å². The van der Waals surface area contributed by atoms with E-state index in [2.05, 4.69) is 80.3 Å². The average Bonchev–Trinajstić information content (AvgIpc) is 2.54. The maximum atomic E-state index is 2.81. The van der Waals surface area contributed by atoms with E-state index < -0.39 is 0 Å². The molecule has 23 heavy (non-hydrogen) atoms. The fourth-order valence-corrected chi connectivity index (χ4v) is 2.76. The van der Waals surface area contributed by atoms with E-state index in [4.69, 9.17) is 0 Å². The molecule has 2 aliphatic carbocycles. The van der Waals surface area contributed by atoms with Crippen molar-refractivity contribution in [3.05, 3.63) is 69.6 Å². The summed E-state index contributed by atoms with van der Waals surface area (Å²) in [5.74, 6) is 0. The normalized spacial score (nSPS) is 19.0. The van der Waals surface area contributed by atoms with Crippen LogP contribution in [0.15, 0.2) is 69.6 Å². The van der Waals surface area contributed by atoms with E-state index in [-0.39, 0.29) is 0 Å². The van der Waals surface area contributed by atoms with Crippen LogP contribution in [-0.2, 0) is 0 Å². The van der Waals surface area contributed by atoms with Crippen molar-refractivity contribution in [2.45, 2.75) is 66.7 Å². The van der Waals surface area contributed by atoms with Crippen molar-refractivity contribution in [2.75, 3.05) is 0 Å². The third-order valence-corrected chi connectivity index (χ3v) is 4.62. The molecule has 0 aromatic carbocycles. The minimum Gasteiger partial charge on any atom is -0.110 e. The summed E-state index contributed by atoms with van der Waals surface area (Å²) >= 11 is 0. The van der Waals surface area contributed by atoms with E-state index in [1.807, 2.05) is 0 Å². The molecule has 0 aromatic rings. The summed E-state index contributed by atoms with van der Waals surface area (Å²) in [6, 6.07) is 0. The van der Waals surface area contributed by atoms with E-state index in [1.165, 1.54) is 58.9 Å². The fourth-order valence-electron chi connectivity index (χ4n) is 2.52. The molecule has 0 nitrogen and oxygen atoms in total. The molecule has 0 bridgehead atoms. The number of hydrogen-bond donors (Lipinski definition) is 0. The van der Waals surface area contributed by atoms with Crippen LogP contribution >= 0.6 is 9.24 Å². The molecule has 0 saturated heterocycles. The third kappa shape index (κ3) is 7.32. The lowest BCUT2D eigenvalue weighted by molar-refractivity contribution is 0.912. The van der Waals surface area contributed by atoms with Gasteiger partial charge in [0.1, 0.15) is 0 Å². The van der Waals surface area contributed by atoms with Gasteiger partial charge in [-0.2, -0.15) is 0 Å². The standard InChI is InChI=1S/C19H25P.C3H8/c1-14-4-8-17(9-5-14)15(2)6-7-16(3)18-10-12-19(20)13-11-18;1-3-2/h4,6-8,10,12H,5,9,11,13,20H2,1-3H3;3H2,1-2H3/b15-6+,16-7+;. The van der Waals surface area contributed by atoms with Gasteiger partial charge in [-0.05, 0) is 68.7 Å². The molecular weight excluding hydrogens is 295 g/mol. The highest BCUT2D eigenvalue weighted by atomic mass is 31.0. The van der Waals surface area contributed by atoms with Gasteiger partial charge in [-0.3, -0.25) is 0 Å². The molecule has 2 aliphatic rings. The van der Waals surface area contributed by atoms with Gasteiger partial charge < -0.3 is 0 Å². The van der Waals surface area contributed by atoms with Crippen LogP contribution in [0.5, 0.6) is 0 Å². The van der Waals surface area contributed by atoms with Gasteiger partial charge in [0.25, 0.3) is 0 Å². The lowest BCUT2D eigenvalue weighted by Crippen LogP contribution is -1.93. The van der Waals surface area contributed by atoms with Gasteiger partial charge in [0, 0.05) is 0 Å². The van der Waals surface area contributed by atoms with Gasteiger partial charge in [-0.1, -0.05) is 67.6 Å². The van der Waals surface area contributed by atoms with E-state index >= 15 is 0 Å². The Morgan fingerprint density at radius 2 is 1.35 bits per heavy atom. The van der Waals surface area contributed by atoms with Crippen LogP contribution in [0.4, 0.5) is 0 Å². The van der Waals surface area contributed by atoms with Gasteiger partial charge >= 0.3 is 0 Å². The molecule has 0 amide bonds. The van der Waals surface area contributed by atoms with Crippen molar-refractivity contribution in [1.29, 1.82) is 0 Å². The van der Waals surface area contributed by atoms with E-state index in [0.717, 1.165) is 6.42 Å². The zero-order valence-electron chi connectivity index (χ0n) is 15.6. The molecule has 0 radical (unpaired) electrons. The summed E-state index contributed by atoms with van der Waals surface area (Å²) < 4.78 is 0. The van der Waals surface area contributed by atoms with Gasteiger partial charge in [0.15, 0.2) is 0 Å². The predicted octanol–water partition coefficient (Wildman–Crippen LogP) is 7.44. The highest BCUT2D eigenvalue weighted by Gasteiger charge is 2.06. The summed E-state index contributed by atoms with van der Waals surface area (Å²) in [7, 11) is 2.81. The van der Waals surface area contributed by atoms with Crippen molar-refractivity contribution in [3.8, 4) is 0 Å². The second-order valence-electron chi connectivity index (χ2n) is 6.54. The number of allylic oxidation sites excluding steroid dienone is 12. The van der Waals surface area contributed by atoms with E-state index in [9.17, 15) is 0 Å². The summed E-state index contributed by atoms with van der Waals surface area (Å²) in [5.41, 5.74) is 7.21. The quantitative estimate of drug-likeness (QED) is 0.373. The molecule has 0 aromatic heterocycles. The molecule has 0 heterocycles. The van der Waals surface area contributed by atoms with Crippen molar-refractivity contribution < 1.29 is 0 Å². The minimum absolute atomic E-state index is 1.16. The highest BCUT2D eigenvalue weighted by Crippen LogP contribution is 2.28. The largest absolute Gasteiger partial charge is 0.110 e. The first-order valence-electron chi connectivity index (χ1n) is 8.85. The van der Waals surface area contributed by atoms with Crippen LogP contribution < -0.4 is 0 Å². The lowest BCUT2D eigenvalue weighted by Gasteiger charge is -2.13. The van der Waals surface area contributed by atoms with Crippen LogP contribution in [0, 0.1) is 0 Å². The minimum atomic E-state index is 1.16. The van der Waals surface area contributed by atoms with Crippen molar-refractivity contribution >= 4 is 9.24 Å². The molecule has 2 rings (SSSR count).